The van der Waals surface area contributed by atoms with Gasteiger partial charge in [-0.3, -0.25) is 13.7 Å². The molecule has 0 fully saturated rings. The van der Waals surface area contributed by atoms with Gasteiger partial charge in [-0.25, -0.2) is 0 Å². The van der Waals surface area contributed by atoms with E-state index < -0.39 is 10.3 Å². The maximum atomic E-state index is 11.1. The fourth-order valence-electron chi connectivity index (χ4n) is 0.468. The topological polar surface area (TPSA) is 72.5 Å². The Labute approximate surface area is 84.4 Å². The van der Waals surface area contributed by atoms with Crippen molar-refractivity contribution in [3.63, 3.8) is 0 Å². The molecule has 0 unspecified atom stereocenters. The van der Waals surface area contributed by atoms with Crippen molar-refractivity contribution in [3.05, 3.63) is 12.3 Å². The van der Waals surface area contributed by atoms with Gasteiger partial charge in [0.25, 0.3) is 0 Å². The van der Waals surface area contributed by atoms with Gasteiger partial charge in [0.2, 0.25) is 0 Å². The maximum absolute atomic E-state index is 11.1. The van der Waals surface area contributed by atoms with E-state index in [0.29, 0.717) is 6.29 Å². The summed E-state index contributed by atoms with van der Waals surface area (Å²) in [6, 6.07) is 0. The summed E-state index contributed by atoms with van der Waals surface area (Å²) in [7, 11) is -3.91. The van der Waals surface area contributed by atoms with Crippen LogP contribution in [0.2, 0.25) is 0 Å². The zero-order chi connectivity index (χ0) is 11.4. The molecule has 1 N–H and O–H groups in total. The number of nitrogens with one attached hydrogen (secondary N) is 1. The highest BCUT2D eigenvalue weighted by atomic mass is 32.2. The van der Waals surface area contributed by atoms with Gasteiger partial charge in [0.1, 0.15) is 0 Å². The molecular formula is C8H15NO4S. The van der Waals surface area contributed by atoms with Crippen LogP contribution in [0.5, 0.6) is 0 Å². The predicted octanol–water partition coefficient (Wildman–Crippen LogP) is 0.596. The van der Waals surface area contributed by atoms with Crippen molar-refractivity contribution in [2.75, 3.05) is 6.61 Å². The number of carbonyl (C=O) groups excluding carboxylic acids is 1. The van der Waals surface area contributed by atoms with Crippen LogP contribution in [0.25, 0.3) is 0 Å². The molecular weight excluding hydrogens is 206 g/mol. The number of carbonyl (C=O) groups is 1. The van der Waals surface area contributed by atoms with Crippen molar-refractivity contribution < 1.29 is 17.4 Å². The Morgan fingerprint density at radius 1 is 1.50 bits per heavy atom. The number of hydrogen-bond acceptors (Lipinski definition) is 4. The minimum atomic E-state index is -3.91. The minimum Gasteiger partial charge on any atom is -0.296 e. The molecule has 0 heterocycles. The van der Waals surface area contributed by atoms with Crippen molar-refractivity contribution >= 4 is 16.6 Å². The summed E-state index contributed by atoms with van der Waals surface area (Å²) in [6.45, 7) is 8.69. The molecule has 0 aromatic rings. The predicted molar refractivity (Wildman–Crippen MR) is 52.7 cm³/mol. The highest BCUT2D eigenvalue weighted by Crippen LogP contribution is 2.14. The second-order valence-corrected chi connectivity index (χ2v) is 5.37. The SMILES string of the molecule is C=C(C=O)NS(=O)(=O)OCC(C)(C)C. The fourth-order valence-corrected chi connectivity index (χ4v) is 1.41. The van der Waals surface area contributed by atoms with E-state index in [1.165, 1.54) is 0 Å². The molecule has 0 aromatic carbocycles. The molecule has 0 spiro atoms. The Bertz CT molecular complexity index is 313. The van der Waals surface area contributed by atoms with E-state index in [4.69, 9.17) is 0 Å². The lowest BCUT2D eigenvalue weighted by atomic mass is 9.99. The Morgan fingerprint density at radius 2 is 2.00 bits per heavy atom. The fraction of sp³-hybridized carbons (Fsp3) is 0.625. The first kappa shape index (κ1) is 13.1. The van der Waals surface area contributed by atoms with E-state index in [1.54, 1.807) is 0 Å². The largest absolute Gasteiger partial charge is 0.360 e. The van der Waals surface area contributed by atoms with Gasteiger partial charge in [-0.2, -0.15) is 8.42 Å². The van der Waals surface area contributed by atoms with Crippen LogP contribution in [0.15, 0.2) is 12.3 Å². The van der Waals surface area contributed by atoms with Gasteiger partial charge in [0.05, 0.1) is 12.3 Å². The molecule has 0 aliphatic carbocycles. The quantitative estimate of drug-likeness (QED) is 0.545. The molecule has 6 heteroatoms. The van der Waals surface area contributed by atoms with Crippen LogP contribution in [0.3, 0.4) is 0 Å². The Hall–Kier alpha value is -0.880. The van der Waals surface area contributed by atoms with Crippen molar-refractivity contribution in [3.8, 4) is 0 Å². The van der Waals surface area contributed by atoms with Crippen LogP contribution in [0, 0.1) is 5.41 Å². The molecule has 0 bridgehead atoms. The number of aldehydes is 1. The summed E-state index contributed by atoms with van der Waals surface area (Å²) < 4.78 is 28.7. The standard InChI is InChI=1S/C8H15NO4S/c1-7(5-10)9-14(11,12)13-6-8(2,3)4/h5,9H,1,6H2,2-4H3. The summed E-state index contributed by atoms with van der Waals surface area (Å²) >= 11 is 0. The third-order valence-corrected chi connectivity index (χ3v) is 1.99. The number of rotatable bonds is 5. The first-order valence-corrected chi connectivity index (χ1v) is 5.38. The van der Waals surface area contributed by atoms with Gasteiger partial charge in [-0.1, -0.05) is 27.4 Å². The molecule has 0 aromatic heterocycles. The zero-order valence-corrected chi connectivity index (χ0v) is 9.35. The Morgan fingerprint density at radius 3 is 2.36 bits per heavy atom. The van der Waals surface area contributed by atoms with Crippen molar-refractivity contribution in [2.45, 2.75) is 20.8 Å². The molecule has 5 nitrogen and oxygen atoms in total. The Kier molecular flexibility index (Phi) is 4.28. The lowest BCUT2D eigenvalue weighted by molar-refractivity contribution is -0.105. The average molecular weight is 221 g/mol. The van der Waals surface area contributed by atoms with Gasteiger partial charge in [-0.05, 0) is 5.41 Å². The van der Waals surface area contributed by atoms with Crippen LogP contribution < -0.4 is 4.72 Å². The molecule has 0 aliphatic rings. The normalized spacial score (nSPS) is 12.2. The summed E-state index contributed by atoms with van der Waals surface area (Å²) in [6.07, 6.45) is 0.304. The van der Waals surface area contributed by atoms with E-state index in [1.807, 2.05) is 25.5 Å². The van der Waals surface area contributed by atoms with Crippen LogP contribution in [0.1, 0.15) is 20.8 Å². The van der Waals surface area contributed by atoms with E-state index in [-0.39, 0.29) is 17.7 Å². The smallest absolute Gasteiger partial charge is 0.296 e. The first-order valence-electron chi connectivity index (χ1n) is 3.97. The maximum Gasteiger partial charge on any atom is 0.360 e. The van der Waals surface area contributed by atoms with E-state index in [2.05, 4.69) is 10.8 Å². The molecule has 0 aliphatic heterocycles. The molecule has 82 valence electrons. The monoisotopic (exact) mass is 221 g/mol. The highest BCUT2D eigenvalue weighted by Gasteiger charge is 2.17. The molecule has 0 radical (unpaired) electrons. The van der Waals surface area contributed by atoms with Crippen molar-refractivity contribution in [2.24, 2.45) is 5.41 Å². The van der Waals surface area contributed by atoms with Crippen molar-refractivity contribution in [1.29, 1.82) is 0 Å². The van der Waals surface area contributed by atoms with Gasteiger partial charge < -0.3 is 0 Å². The van der Waals surface area contributed by atoms with E-state index in [9.17, 15) is 13.2 Å². The third kappa shape index (κ3) is 6.62. The molecule has 0 saturated heterocycles. The third-order valence-electron chi connectivity index (χ3n) is 1.05. The molecule has 0 atom stereocenters. The second kappa shape index (κ2) is 4.56. The average Bonchev–Trinajstić information content (AvgIpc) is 1.99. The zero-order valence-electron chi connectivity index (χ0n) is 8.53. The highest BCUT2D eigenvalue weighted by molar-refractivity contribution is 7.84. The van der Waals surface area contributed by atoms with E-state index in [0.717, 1.165) is 0 Å². The van der Waals surface area contributed by atoms with Crippen LogP contribution in [-0.4, -0.2) is 21.3 Å². The number of allylic oxidation sites excluding steroid dienone is 1. The summed E-state index contributed by atoms with van der Waals surface area (Å²) in [5.74, 6) is 0. The minimum absolute atomic E-state index is 0.0362. The van der Waals surface area contributed by atoms with Crippen LogP contribution in [0.4, 0.5) is 0 Å². The summed E-state index contributed by atoms with van der Waals surface area (Å²) in [5, 5.41) is 0. The molecule has 0 rings (SSSR count). The molecule has 0 saturated carbocycles. The lowest BCUT2D eigenvalue weighted by Gasteiger charge is -2.17. The van der Waals surface area contributed by atoms with Crippen LogP contribution >= 0.6 is 0 Å². The van der Waals surface area contributed by atoms with Crippen LogP contribution in [-0.2, 0) is 19.3 Å². The second-order valence-electron chi connectivity index (χ2n) is 4.02. The Balaban J connectivity index is 4.23. The van der Waals surface area contributed by atoms with E-state index >= 15 is 0 Å². The molecule has 0 amide bonds. The van der Waals surface area contributed by atoms with Gasteiger partial charge in [-0.15, -0.1) is 0 Å². The summed E-state index contributed by atoms with van der Waals surface area (Å²) in [5.41, 5.74) is -0.518. The van der Waals surface area contributed by atoms with Gasteiger partial charge in [0, 0.05) is 0 Å². The first-order chi connectivity index (χ1) is 6.16. The molecule has 14 heavy (non-hydrogen) atoms. The summed E-state index contributed by atoms with van der Waals surface area (Å²) in [4.78, 5) is 10.1. The number of hydrogen-bond donors (Lipinski definition) is 1. The van der Waals surface area contributed by atoms with Gasteiger partial charge in [0.15, 0.2) is 6.29 Å². The lowest BCUT2D eigenvalue weighted by Crippen LogP contribution is -2.28. The van der Waals surface area contributed by atoms with Crippen molar-refractivity contribution in [1.82, 2.24) is 4.72 Å². The van der Waals surface area contributed by atoms with Gasteiger partial charge >= 0.3 is 10.3 Å².